The lowest BCUT2D eigenvalue weighted by Gasteiger charge is -2.09. The molecule has 3 rings (SSSR count). The molecule has 0 aliphatic carbocycles. The number of hydrogen-bond acceptors (Lipinski definition) is 2. The van der Waals surface area contributed by atoms with Crippen LogP contribution in [0.15, 0.2) is 65.6 Å². The number of aryl methyl sites for hydroxylation is 1. The molecule has 0 saturated heterocycles. The third-order valence-corrected chi connectivity index (χ3v) is 4.55. The largest absolute Gasteiger partial charge is 0.192 e. The van der Waals surface area contributed by atoms with Crippen LogP contribution in [0.25, 0.3) is 10.8 Å². The molecule has 0 aliphatic heterocycles. The van der Waals surface area contributed by atoms with Crippen LogP contribution in [0.1, 0.15) is 16.7 Å². The van der Waals surface area contributed by atoms with E-state index < -0.39 is 0 Å². The van der Waals surface area contributed by atoms with Crippen molar-refractivity contribution < 1.29 is 0 Å². The quantitative estimate of drug-likeness (QED) is 0.610. The number of nitrogens with zero attached hydrogens (tertiary/aromatic N) is 1. The Morgan fingerprint density at radius 1 is 1.00 bits per heavy atom. The zero-order chi connectivity index (χ0) is 14.7. The zero-order valence-corrected chi connectivity index (χ0v) is 12.7. The Labute approximate surface area is 129 Å². The summed E-state index contributed by atoms with van der Waals surface area (Å²) in [6.07, 6.45) is 0. The van der Waals surface area contributed by atoms with Crippen LogP contribution in [0.3, 0.4) is 0 Å². The van der Waals surface area contributed by atoms with Crippen LogP contribution in [0.4, 0.5) is 0 Å². The first-order chi connectivity index (χ1) is 10.3. The van der Waals surface area contributed by atoms with Crippen LogP contribution in [-0.2, 0) is 5.75 Å². The molecule has 3 aromatic carbocycles. The molecule has 2 heteroatoms. The van der Waals surface area contributed by atoms with E-state index in [1.807, 2.05) is 36.0 Å². The summed E-state index contributed by atoms with van der Waals surface area (Å²) in [4.78, 5) is 1.24. The van der Waals surface area contributed by atoms with Crippen molar-refractivity contribution in [2.24, 2.45) is 0 Å². The first kappa shape index (κ1) is 13.7. The van der Waals surface area contributed by atoms with Gasteiger partial charge in [-0.1, -0.05) is 42.5 Å². The van der Waals surface area contributed by atoms with Crippen molar-refractivity contribution in [2.45, 2.75) is 17.6 Å². The maximum Gasteiger partial charge on any atom is 0.0991 e. The van der Waals surface area contributed by atoms with Crippen LogP contribution in [0.5, 0.6) is 0 Å². The van der Waals surface area contributed by atoms with E-state index in [1.54, 1.807) is 0 Å². The Bertz CT molecular complexity index is 816. The highest BCUT2D eigenvalue weighted by Gasteiger charge is 2.05. The highest BCUT2D eigenvalue weighted by molar-refractivity contribution is 7.98. The highest BCUT2D eigenvalue weighted by Crippen LogP contribution is 2.32. The van der Waals surface area contributed by atoms with Crippen molar-refractivity contribution in [2.75, 3.05) is 0 Å². The molecule has 0 radical (unpaired) electrons. The summed E-state index contributed by atoms with van der Waals surface area (Å²) in [6.45, 7) is 2.12. The average Bonchev–Trinajstić information content (AvgIpc) is 2.53. The van der Waals surface area contributed by atoms with Crippen molar-refractivity contribution >= 4 is 22.5 Å². The Morgan fingerprint density at radius 3 is 2.57 bits per heavy atom. The number of thioether (sulfide) groups is 1. The van der Waals surface area contributed by atoms with E-state index in [0.717, 1.165) is 5.75 Å². The fraction of sp³-hybridized carbons (Fsp3) is 0.105. The van der Waals surface area contributed by atoms with Crippen LogP contribution < -0.4 is 0 Å². The monoisotopic (exact) mass is 289 g/mol. The van der Waals surface area contributed by atoms with Gasteiger partial charge in [0.05, 0.1) is 11.6 Å². The predicted molar refractivity (Wildman–Crippen MR) is 89.4 cm³/mol. The second-order valence-corrected chi connectivity index (χ2v) is 6.10. The molecule has 0 spiro atoms. The van der Waals surface area contributed by atoms with E-state index in [1.165, 1.54) is 26.8 Å². The molecule has 0 heterocycles. The summed E-state index contributed by atoms with van der Waals surface area (Å²) < 4.78 is 0. The topological polar surface area (TPSA) is 23.8 Å². The van der Waals surface area contributed by atoms with Gasteiger partial charge in [-0.3, -0.25) is 0 Å². The maximum absolute atomic E-state index is 9.09. The van der Waals surface area contributed by atoms with E-state index >= 15 is 0 Å². The fourth-order valence-electron chi connectivity index (χ4n) is 2.39. The minimum Gasteiger partial charge on any atom is -0.192 e. The van der Waals surface area contributed by atoms with Crippen molar-refractivity contribution in [1.29, 1.82) is 5.26 Å². The van der Waals surface area contributed by atoms with E-state index in [0.29, 0.717) is 5.56 Å². The third-order valence-electron chi connectivity index (χ3n) is 3.43. The van der Waals surface area contributed by atoms with Crippen molar-refractivity contribution in [3.63, 3.8) is 0 Å². The number of fused-ring (bicyclic) bond motifs is 1. The van der Waals surface area contributed by atoms with E-state index in [9.17, 15) is 0 Å². The van der Waals surface area contributed by atoms with Gasteiger partial charge in [-0.15, -0.1) is 11.8 Å². The van der Waals surface area contributed by atoms with E-state index in [2.05, 4.69) is 49.4 Å². The molecular weight excluding hydrogens is 274 g/mol. The Morgan fingerprint density at radius 2 is 1.81 bits per heavy atom. The van der Waals surface area contributed by atoms with Gasteiger partial charge in [-0.25, -0.2) is 0 Å². The van der Waals surface area contributed by atoms with E-state index in [-0.39, 0.29) is 0 Å². The van der Waals surface area contributed by atoms with Gasteiger partial charge in [-0.05, 0) is 47.0 Å². The van der Waals surface area contributed by atoms with Gasteiger partial charge < -0.3 is 0 Å². The molecule has 0 aromatic heterocycles. The average molecular weight is 289 g/mol. The minimum absolute atomic E-state index is 0.716. The lowest BCUT2D eigenvalue weighted by Crippen LogP contribution is -1.85. The molecule has 0 N–H and O–H groups in total. The van der Waals surface area contributed by atoms with Crippen molar-refractivity contribution in [1.82, 2.24) is 0 Å². The van der Waals surface area contributed by atoms with Crippen LogP contribution in [0.2, 0.25) is 0 Å². The van der Waals surface area contributed by atoms with Gasteiger partial charge in [0.15, 0.2) is 0 Å². The van der Waals surface area contributed by atoms with Gasteiger partial charge in [-0.2, -0.15) is 5.26 Å². The normalized spacial score (nSPS) is 10.5. The zero-order valence-electron chi connectivity index (χ0n) is 11.8. The Kier molecular flexibility index (Phi) is 3.94. The molecule has 0 unspecified atom stereocenters. The Balaban J connectivity index is 1.98. The van der Waals surface area contributed by atoms with Gasteiger partial charge >= 0.3 is 0 Å². The van der Waals surface area contributed by atoms with Gasteiger partial charge in [0.25, 0.3) is 0 Å². The predicted octanol–water partition coefficient (Wildman–Crippen LogP) is 5.31. The molecule has 0 fully saturated rings. The van der Waals surface area contributed by atoms with E-state index in [4.69, 9.17) is 5.26 Å². The number of nitriles is 1. The van der Waals surface area contributed by atoms with Crippen LogP contribution in [0, 0.1) is 18.3 Å². The molecule has 0 saturated carbocycles. The second kappa shape index (κ2) is 6.03. The summed E-state index contributed by atoms with van der Waals surface area (Å²) in [5, 5.41) is 11.5. The summed E-state index contributed by atoms with van der Waals surface area (Å²) in [5.74, 6) is 0.941. The SMILES string of the molecule is Cc1cc(SCc2ccccc2)c2cc(C#N)ccc2c1. The van der Waals surface area contributed by atoms with Gasteiger partial charge in [0.2, 0.25) is 0 Å². The van der Waals surface area contributed by atoms with Gasteiger partial charge in [0.1, 0.15) is 0 Å². The number of hydrogen-bond donors (Lipinski definition) is 0. The molecule has 21 heavy (non-hydrogen) atoms. The first-order valence-electron chi connectivity index (χ1n) is 6.87. The summed E-state index contributed by atoms with van der Waals surface area (Å²) >= 11 is 1.83. The number of rotatable bonds is 3. The smallest absolute Gasteiger partial charge is 0.0991 e. The standard InChI is InChI=1S/C19H15NS/c1-14-9-17-8-7-16(12-20)11-18(17)19(10-14)21-13-15-5-3-2-4-6-15/h2-11H,13H2,1H3. The van der Waals surface area contributed by atoms with Crippen molar-refractivity contribution in [3.05, 3.63) is 77.4 Å². The summed E-state index contributed by atoms with van der Waals surface area (Å²) in [6, 6.07) is 23.0. The third kappa shape index (κ3) is 3.09. The van der Waals surface area contributed by atoms with Crippen LogP contribution >= 0.6 is 11.8 Å². The lowest BCUT2D eigenvalue weighted by molar-refractivity contribution is 1.37. The maximum atomic E-state index is 9.09. The number of benzene rings is 3. The highest BCUT2D eigenvalue weighted by atomic mass is 32.2. The molecule has 102 valence electrons. The molecule has 0 bridgehead atoms. The molecule has 3 aromatic rings. The molecular formula is C19H15NS. The lowest BCUT2D eigenvalue weighted by atomic mass is 10.1. The molecule has 1 nitrogen and oxygen atoms in total. The van der Waals surface area contributed by atoms with Gasteiger partial charge in [0, 0.05) is 10.6 Å². The molecule has 0 aliphatic rings. The van der Waals surface area contributed by atoms with Crippen LogP contribution in [-0.4, -0.2) is 0 Å². The van der Waals surface area contributed by atoms with Crippen molar-refractivity contribution in [3.8, 4) is 6.07 Å². The second-order valence-electron chi connectivity index (χ2n) is 5.09. The molecule has 0 atom stereocenters. The molecule has 0 amide bonds. The minimum atomic E-state index is 0.716. The fourth-order valence-corrected chi connectivity index (χ4v) is 3.51. The summed E-state index contributed by atoms with van der Waals surface area (Å²) in [5.41, 5.74) is 3.28. The Hall–Kier alpha value is -2.24. The first-order valence-corrected chi connectivity index (χ1v) is 7.86. The summed E-state index contributed by atoms with van der Waals surface area (Å²) in [7, 11) is 0.